The molecule has 0 saturated heterocycles. The first-order valence-corrected chi connectivity index (χ1v) is 7.28. The van der Waals surface area contributed by atoms with E-state index in [9.17, 15) is 4.39 Å². The van der Waals surface area contributed by atoms with E-state index in [0.29, 0.717) is 23.0 Å². The van der Waals surface area contributed by atoms with Gasteiger partial charge in [-0.3, -0.25) is 0 Å². The number of rotatable bonds is 5. The Morgan fingerprint density at radius 2 is 1.90 bits per heavy atom. The van der Waals surface area contributed by atoms with Crippen LogP contribution in [-0.4, -0.2) is 13.7 Å². The molecular formula is C16H16Cl2FNO. The molecular weight excluding hydrogens is 312 g/mol. The zero-order valence-electron chi connectivity index (χ0n) is 11.6. The molecule has 0 fully saturated rings. The summed E-state index contributed by atoms with van der Waals surface area (Å²) in [6.07, 6.45) is 0.666. The SMILES string of the molecule is COc1ccc(C(CN)Cc2ccc(Cl)c(Cl)c2)cc1F. The molecule has 2 nitrogen and oxygen atoms in total. The van der Waals surface area contributed by atoms with Crippen LogP contribution in [0.5, 0.6) is 5.75 Å². The van der Waals surface area contributed by atoms with Gasteiger partial charge in [0.25, 0.3) is 0 Å². The predicted octanol–water partition coefficient (Wildman–Crippen LogP) is 4.43. The molecule has 1 atom stereocenters. The fraction of sp³-hybridized carbons (Fsp3) is 0.250. The molecule has 1 unspecified atom stereocenters. The van der Waals surface area contributed by atoms with Gasteiger partial charge in [-0.2, -0.15) is 0 Å². The van der Waals surface area contributed by atoms with E-state index in [1.807, 2.05) is 18.2 Å². The molecule has 5 heteroatoms. The molecule has 0 heterocycles. The van der Waals surface area contributed by atoms with E-state index < -0.39 is 0 Å². The smallest absolute Gasteiger partial charge is 0.165 e. The van der Waals surface area contributed by atoms with Gasteiger partial charge in [-0.25, -0.2) is 4.39 Å². The van der Waals surface area contributed by atoms with E-state index in [-0.39, 0.29) is 17.5 Å². The summed E-state index contributed by atoms with van der Waals surface area (Å²) in [6.45, 7) is 0.409. The van der Waals surface area contributed by atoms with E-state index in [1.54, 1.807) is 12.1 Å². The van der Waals surface area contributed by atoms with E-state index in [4.69, 9.17) is 33.7 Å². The third-order valence-corrected chi connectivity index (χ3v) is 4.14. The van der Waals surface area contributed by atoms with Crippen molar-refractivity contribution >= 4 is 23.2 Å². The minimum Gasteiger partial charge on any atom is -0.494 e. The Morgan fingerprint density at radius 3 is 2.48 bits per heavy atom. The summed E-state index contributed by atoms with van der Waals surface area (Å²) >= 11 is 11.9. The highest BCUT2D eigenvalue weighted by Gasteiger charge is 2.14. The topological polar surface area (TPSA) is 35.2 Å². The molecule has 0 radical (unpaired) electrons. The summed E-state index contributed by atoms with van der Waals surface area (Å²) in [5.41, 5.74) is 7.67. The van der Waals surface area contributed by atoms with Gasteiger partial charge in [-0.05, 0) is 48.4 Å². The third kappa shape index (κ3) is 3.88. The molecule has 21 heavy (non-hydrogen) atoms. The second-order valence-electron chi connectivity index (χ2n) is 4.78. The number of hydrogen-bond acceptors (Lipinski definition) is 2. The average Bonchev–Trinajstić information content (AvgIpc) is 2.48. The molecule has 0 amide bonds. The van der Waals surface area contributed by atoms with Gasteiger partial charge in [0, 0.05) is 5.92 Å². The number of methoxy groups -OCH3 is 1. The van der Waals surface area contributed by atoms with E-state index in [1.165, 1.54) is 13.2 Å². The van der Waals surface area contributed by atoms with Crippen molar-refractivity contribution in [3.05, 3.63) is 63.4 Å². The van der Waals surface area contributed by atoms with Crippen LogP contribution in [0.1, 0.15) is 17.0 Å². The summed E-state index contributed by atoms with van der Waals surface area (Å²) < 4.78 is 18.7. The zero-order valence-corrected chi connectivity index (χ0v) is 13.1. The summed E-state index contributed by atoms with van der Waals surface area (Å²) in [7, 11) is 1.44. The highest BCUT2D eigenvalue weighted by Crippen LogP contribution is 2.28. The maximum absolute atomic E-state index is 13.8. The van der Waals surface area contributed by atoms with Crippen LogP contribution >= 0.6 is 23.2 Å². The van der Waals surface area contributed by atoms with Crippen LogP contribution in [0, 0.1) is 5.82 Å². The maximum atomic E-state index is 13.8. The highest BCUT2D eigenvalue weighted by molar-refractivity contribution is 6.42. The van der Waals surface area contributed by atoms with E-state index in [2.05, 4.69) is 0 Å². The van der Waals surface area contributed by atoms with Crippen LogP contribution in [0.25, 0.3) is 0 Å². The van der Waals surface area contributed by atoms with Crippen LogP contribution in [0.4, 0.5) is 4.39 Å². The second-order valence-corrected chi connectivity index (χ2v) is 5.59. The van der Waals surface area contributed by atoms with E-state index >= 15 is 0 Å². The second kappa shape index (κ2) is 7.12. The molecule has 0 saturated carbocycles. The average molecular weight is 328 g/mol. The van der Waals surface area contributed by atoms with Crippen molar-refractivity contribution in [2.75, 3.05) is 13.7 Å². The van der Waals surface area contributed by atoms with Crippen molar-refractivity contribution in [1.29, 1.82) is 0 Å². The summed E-state index contributed by atoms with van der Waals surface area (Å²) in [6, 6.07) is 10.4. The molecule has 2 aromatic rings. The fourth-order valence-electron chi connectivity index (χ4n) is 2.22. The lowest BCUT2D eigenvalue weighted by Gasteiger charge is -2.16. The van der Waals surface area contributed by atoms with Gasteiger partial charge in [0.15, 0.2) is 11.6 Å². The number of halogens is 3. The molecule has 2 aromatic carbocycles. The van der Waals surface area contributed by atoms with Gasteiger partial charge >= 0.3 is 0 Å². The molecule has 2 N–H and O–H groups in total. The molecule has 0 aliphatic carbocycles. The van der Waals surface area contributed by atoms with E-state index in [0.717, 1.165) is 11.1 Å². The zero-order chi connectivity index (χ0) is 15.4. The molecule has 0 aliphatic heterocycles. The minimum atomic E-state index is -0.386. The Kier molecular flexibility index (Phi) is 5.45. The van der Waals surface area contributed by atoms with Gasteiger partial charge in [0.1, 0.15) is 0 Å². The van der Waals surface area contributed by atoms with Crippen molar-refractivity contribution in [1.82, 2.24) is 0 Å². The fourth-order valence-corrected chi connectivity index (χ4v) is 2.55. The van der Waals surface area contributed by atoms with Crippen molar-refractivity contribution in [2.24, 2.45) is 5.73 Å². The number of hydrogen-bond donors (Lipinski definition) is 1. The van der Waals surface area contributed by atoms with Crippen molar-refractivity contribution in [2.45, 2.75) is 12.3 Å². The lowest BCUT2D eigenvalue weighted by molar-refractivity contribution is 0.386. The van der Waals surface area contributed by atoms with Crippen molar-refractivity contribution in [3.8, 4) is 5.75 Å². The Labute approximate surface area is 133 Å². The highest BCUT2D eigenvalue weighted by atomic mass is 35.5. The minimum absolute atomic E-state index is 0.00245. The Bertz CT molecular complexity index is 634. The standard InChI is InChI=1S/C16H16Cl2FNO/c1-21-16-5-3-11(8-15(16)19)12(9-20)6-10-2-4-13(17)14(18)7-10/h2-5,7-8,12H,6,9,20H2,1H3. The van der Waals surface area contributed by atoms with Crippen LogP contribution in [0.3, 0.4) is 0 Å². The third-order valence-electron chi connectivity index (χ3n) is 3.40. The first-order chi connectivity index (χ1) is 10.0. The van der Waals surface area contributed by atoms with Gasteiger partial charge in [-0.15, -0.1) is 0 Å². The van der Waals surface area contributed by atoms with Crippen LogP contribution in [-0.2, 0) is 6.42 Å². The Hall–Kier alpha value is -1.29. The molecule has 0 bridgehead atoms. The summed E-state index contributed by atoms with van der Waals surface area (Å²) in [5, 5.41) is 1.02. The first kappa shape index (κ1) is 16.1. The normalized spacial score (nSPS) is 12.2. The lowest BCUT2D eigenvalue weighted by atomic mass is 9.92. The number of ether oxygens (including phenoxy) is 1. The molecule has 2 rings (SSSR count). The van der Waals surface area contributed by atoms with Crippen molar-refractivity contribution < 1.29 is 9.13 Å². The van der Waals surface area contributed by atoms with Crippen LogP contribution < -0.4 is 10.5 Å². The Balaban J connectivity index is 2.23. The molecule has 0 aliphatic rings. The summed E-state index contributed by atoms with van der Waals surface area (Å²) in [5.74, 6) is -0.158. The first-order valence-electron chi connectivity index (χ1n) is 6.52. The maximum Gasteiger partial charge on any atom is 0.165 e. The lowest BCUT2D eigenvalue weighted by Crippen LogP contribution is -2.15. The monoisotopic (exact) mass is 327 g/mol. The van der Waals surface area contributed by atoms with Gasteiger partial charge in [-0.1, -0.05) is 35.3 Å². The summed E-state index contributed by atoms with van der Waals surface area (Å²) in [4.78, 5) is 0. The quantitative estimate of drug-likeness (QED) is 0.881. The molecule has 0 spiro atoms. The van der Waals surface area contributed by atoms with Crippen molar-refractivity contribution in [3.63, 3.8) is 0 Å². The molecule has 112 valence electrons. The van der Waals surface area contributed by atoms with Crippen LogP contribution in [0.2, 0.25) is 10.0 Å². The molecule has 0 aromatic heterocycles. The van der Waals surface area contributed by atoms with Gasteiger partial charge in [0.05, 0.1) is 17.2 Å². The Morgan fingerprint density at radius 1 is 1.14 bits per heavy atom. The van der Waals surface area contributed by atoms with Gasteiger partial charge in [0.2, 0.25) is 0 Å². The number of nitrogens with two attached hydrogens (primary N) is 1. The van der Waals surface area contributed by atoms with Crippen LogP contribution in [0.15, 0.2) is 36.4 Å². The van der Waals surface area contributed by atoms with Gasteiger partial charge < -0.3 is 10.5 Å². The largest absolute Gasteiger partial charge is 0.494 e. The predicted molar refractivity (Wildman–Crippen MR) is 84.9 cm³/mol. The number of benzene rings is 2.